The monoisotopic (exact) mass is 336 g/mol. The number of carbonyl (C=O) groups is 3. The number of rotatable bonds is 4. The van der Waals surface area contributed by atoms with Gasteiger partial charge >= 0.3 is 12.1 Å². The van der Waals surface area contributed by atoms with Gasteiger partial charge in [-0.2, -0.15) is 0 Å². The first-order valence-corrected chi connectivity index (χ1v) is 7.59. The molecule has 1 aliphatic rings. The van der Waals surface area contributed by atoms with Gasteiger partial charge in [0.05, 0.1) is 6.61 Å². The fraction of sp³-hybridized carbons (Fsp3) is 0.438. The van der Waals surface area contributed by atoms with Crippen LogP contribution in [0, 0.1) is 6.92 Å². The summed E-state index contributed by atoms with van der Waals surface area (Å²) in [6, 6.07) is 5.58. The van der Waals surface area contributed by atoms with Crippen molar-refractivity contribution in [3.05, 3.63) is 29.8 Å². The average molecular weight is 336 g/mol. The van der Waals surface area contributed by atoms with Crippen molar-refractivity contribution in [2.24, 2.45) is 0 Å². The minimum atomic E-state index is -1.87. The SMILES string of the molecule is CCOC(=O)C(O)C1C(=O)N(c2ccc(C)cc2)CCN1C(=O)O. The van der Waals surface area contributed by atoms with E-state index in [-0.39, 0.29) is 19.7 Å². The molecule has 2 atom stereocenters. The van der Waals surface area contributed by atoms with E-state index in [1.807, 2.05) is 19.1 Å². The smallest absolute Gasteiger partial charge is 0.408 e. The van der Waals surface area contributed by atoms with Gasteiger partial charge in [-0.1, -0.05) is 17.7 Å². The Bertz CT molecular complexity index is 630. The fourth-order valence-electron chi connectivity index (χ4n) is 2.61. The third-order valence-corrected chi connectivity index (χ3v) is 3.84. The predicted octanol–water partition coefficient (Wildman–Crippen LogP) is 0.614. The molecule has 1 aromatic rings. The number of piperazine rings is 1. The van der Waals surface area contributed by atoms with Gasteiger partial charge < -0.3 is 19.8 Å². The van der Waals surface area contributed by atoms with Gasteiger partial charge in [0.2, 0.25) is 0 Å². The molecule has 2 unspecified atom stereocenters. The molecule has 2 rings (SSSR count). The van der Waals surface area contributed by atoms with Crippen LogP contribution in [0.5, 0.6) is 0 Å². The maximum atomic E-state index is 12.7. The molecule has 1 saturated heterocycles. The number of esters is 1. The van der Waals surface area contributed by atoms with Crippen LogP contribution in [0.1, 0.15) is 12.5 Å². The molecule has 2 N–H and O–H groups in total. The number of aryl methyl sites for hydroxylation is 1. The van der Waals surface area contributed by atoms with E-state index < -0.39 is 30.1 Å². The molecule has 1 aromatic carbocycles. The van der Waals surface area contributed by atoms with Crippen molar-refractivity contribution in [3.8, 4) is 0 Å². The molecule has 0 aromatic heterocycles. The van der Waals surface area contributed by atoms with Crippen LogP contribution < -0.4 is 4.90 Å². The molecule has 0 spiro atoms. The van der Waals surface area contributed by atoms with E-state index in [0.717, 1.165) is 10.5 Å². The van der Waals surface area contributed by atoms with Crippen LogP contribution >= 0.6 is 0 Å². The number of aliphatic hydroxyl groups is 1. The zero-order valence-electron chi connectivity index (χ0n) is 13.5. The van der Waals surface area contributed by atoms with Crippen LogP contribution in [0.3, 0.4) is 0 Å². The molecule has 1 fully saturated rings. The van der Waals surface area contributed by atoms with Crippen molar-refractivity contribution in [2.75, 3.05) is 24.6 Å². The van der Waals surface area contributed by atoms with Gasteiger partial charge in [0.1, 0.15) is 0 Å². The normalized spacial score (nSPS) is 19.1. The van der Waals surface area contributed by atoms with E-state index in [1.165, 1.54) is 4.90 Å². The van der Waals surface area contributed by atoms with Crippen LogP contribution in [0.4, 0.5) is 10.5 Å². The lowest BCUT2D eigenvalue weighted by Gasteiger charge is -2.40. The molecule has 0 bridgehead atoms. The first-order valence-electron chi connectivity index (χ1n) is 7.59. The molecule has 0 saturated carbocycles. The summed E-state index contributed by atoms with van der Waals surface area (Å²) >= 11 is 0. The number of ether oxygens (including phenoxy) is 1. The standard InChI is InChI=1S/C16H20N2O6/c1-3-24-15(21)13(19)12-14(20)17(8-9-18(12)16(22)23)11-6-4-10(2)5-7-11/h4-7,12-13,19H,3,8-9H2,1-2H3,(H,22,23). The lowest BCUT2D eigenvalue weighted by atomic mass is 10.0. The molecule has 130 valence electrons. The Labute approximate surface area is 139 Å². The van der Waals surface area contributed by atoms with Crippen molar-refractivity contribution in [1.29, 1.82) is 0 Å². The van der Waals surface area contributed by atoms with E-state index in [9.17, 15) is 24.6 Å². The second kappa shape index (κ2) is 7.31. The number of aliphatic hydroxyl groups excluding tert-OH is 1. The van der Waals surface area contributed by atoms with Gasteiger partial charge in [0.25, 0.3) is 5.91 Å². The number of benzene rings is 1. The Balaban J connectivity index is 2.31. The van der Waals surface area contributed by atoms with Crippen LogP contribution in [0.25, 0.3) is 0 Å². The van der Waals surface area contributed by atoms with Gasteiger partial charge in [0, 0.05) is 18.8 Å². The highest BCUT2D eigenvalue weighted by molar-refractivity contribution is 6.02. The summed E-state index contributed by atoms with van der Waals surface area (Å²) in [5, 5.41) is 19.4. The Morgan fingerprint density at radius 3 is 2.46 bits per heavy atom. The zero-order chi connectivity index (χ0) is 17.9. The van der Waals surface area contributed by atoms with Gasteiger partial charge in [-0.3, -0.25) is 9.69 Å². The van der Waals surface area contributed by atoms with Gasteiger partial charge in [-0.05, 0) is 26.0 Å². The summed E-state index contributed by atoms with van der Waals surface area (Å²) in [5.74, 6) is -1.68. The molecule has 1 heterocycles. The van der Waals surface area contributed by atoms with Crippen molar-refractivity contribution in [3.63, 3.8) is 0 Å². The van der Waals surface area contributed by atoms with Crippen LogP contribution in [0.15, 0.2) is 24.3 Å². The highest BCUT2D eigenvalue weighted by Crippen LogP contribution is 2.23. The average Bonchev–Trinajstić information content (AvgIpc) is 2.55. The first-order chi connectivity index (χ1) is 11.4. The minimum absolute atomic E-state index is 0.0178. The van der Waals surface area contributed by atoms with Gasteiger partial charge in [-0.15, -0.1) is 0 Å². The highest BCUT2D eigenvalue weighted by atomic mass is 16.5. The summed E-state index contributed by atoms with van der Waals surface area (Å²) in [5.41, 5.74) is 1.59. The molecule has 24 heavy (non-hydrogen) atoms. The Morgan fingerprint density at radius 2 is 1.92 bits per heavy atom. The van der Waals surface area contributed by atoms with E-state index >= 15 is 0 Å². The summed E-state index contributed by atoms with van der Waals surface area (Å²) in [6.07, 6.45) is -3.25. The molecule has 8 nitrogen and oxygen atoms in total. The fourth-order valence-corrected chi connectivity index (χ4v) is 2.61. The third-order valence-electron chi connectivity index (χ3n) is 3.84. The van der Waals surface area contributed by atoms with Gasteiger partial charge in [-0.25, -0.2) is 9.59 Å². The summed E-state index contributed by atoms with van der Waals surface area (Å²) in [7, 11) is 0. The summed E-state index contributed by atoms with van der Waals surface area (Å²) in [6.45, 7) is 3.60. The van der Waals surface area contributed by atoms with Crippen LogP contribution in [0.2, 0.25) is 0 Å². The molecule has 2 amide bonds. The molecular weight excluding hydrogens is 316 g/mol. The molecule has 0 radical (unpaired) electrons. The second-order valence-electron chi connectivity index (χ2n) is 5.44. The van der Waals surface area contributed by atoms with E-state index in [0.29, 0.717) is 5.69 Å². The van der Waals surface area contributed by atoms with E-state index in [4.69, 9.17) is 4.74 Å². The quantitative estimate of drug-likeness (QED) is 0.780. The van der Waals surface area contributed by atoms with E-state index in [1.54, 1.807) is 19.1 Å². The lowest BCUT2D eigenvalue weighted by Crippen LogP contribution is -2.64. The van der Waals surface area contributed by atoms with Crippen LogP contribution in [-0.4, -0.2) is 64.9 Å². The maximum Gasteiger partial charge on any atom is 0.408 e. The lowest BCUT2D eigenvalue weighted by molar-refractivity contribution is -0.159. The number of hydrogen-bond donors (Lipinski definition) is 2. The molecule has 8 heteroatoms. The number of hydrogen-bond acceptors (Lipinski definition) is 5. The van der Waals surface area contributed by atoms with Crippen molar-refractivity contribution in [1.82, 2.24) is 4.90 Å². The summed E-state index contributed by atoms with van der Waals surface area (Å²) in [4.78, 5) is 38.0. The Kier molecular flexibility index (Phi) is 5.40. The van der Waals surface area contributed by atoms with Gasteiger partial charge in [0.15, 0.2) is 12.1 Å². The molecular formula is C16H20N2O6. The number of carbonyl (C=O) groups excluding carboxylic acids is 2. The predicted molar refractivity (Wildman–Crippen MR) is 84.7 cm³/mol. The Hall–Kier alpha value is -2.61. The number of nitrogens with zero attached hydrogens (tertiary/aromatic N) is 2. The topological polar surface area (TPSA) is 107 Å². The third kappa shape index (κ3) is 3.48. The minimum Gasteiger partial charge on any atom is -0.465 e. The van der Waals surface area contributed by atoms with Crippen molar-refractivity contribution < 1.29 is 29.3 Å². The van der Waals surface area contributed by atoms with Crippen molar-refractivity contribution in [2.45, 2.75) is 26.0 Å². The van der Waals surface area contributed by atoms with Crippen molar-refractivity contribution >= 4 is 23.7 Å². The molecule has 1 aliphatic heterocycles. The zero-order valence-corrected chi connectivity index (χ0v) is 13.5. The number of amides is 2. The maximum absolute atomic E-state index is 12.7. The summed E-state index contributed by atoms with van der Waals surface area (Å²) < 4.78 is 4.71. The second-order valence-corrected chi connectivity index (χ2v) is 5.44. The Morgan fingerprint density at radius 1 is 1.29 bits per heavy atom. The number of anilines is 1. The van der Waals surface area contributed by atoms with E-state index in [2.05, 4.69) is 0 Å². The largest absolute Gasteiger partial charge is 0.465 e. The van der Waals surface area contributed by atoms with Crippen LogP contribution in [-0.2, 0) is 14.3 Å². The molecule has 0 aliphatic carbocycles. The number of carboxylic acid groups (broad SMARTS) is 1. The highest BCUT2D eigenvalue weighted by Gasteiger charge is 2.45. The first kappa shape index (κ1) is 17.7.